The number of aliphatic hydroxyl groups is 1. The Morgan fingerprint density at radius 1 is 1.46 bits per heavy atom. The smallest absolute Gasteiger partial charge is 0.129 e. The SMILES string of the molecule is CCC(N)C(O)c1ccccc1F. The van der Waals surface area contributed by atoms with Crippen LogP contribution in [0.2, 0.25) is 0 Å². The van der Waals surface area contributed by atoms with E-state index in [-0.39, 0.29) is 5.56 Å². The molecule has 3 heteroatoms. The highest BCUT2D eigenvalue weighted by atomic mass is 19.1. The predicted octanol–water partition coefficient (Wildman–Crippen LogP) is 1.60. The first kappa shape index (κ1) is 10.2. The van der Waals surface area contributed by atoms with Gasteiger partial charge in [-0.3, -0.25) is 0 Å². The zero-order chi connectivity index (χ0) is 9.84. The quantitative estimate of drug-likeness (QED) is 0.747. The van der Waals surface area contributed by atoms with E-state index in [1.807, 2.05) is 6.92 Å². The summed E-state index contributed by atoms with van der Waals surface area (Å²) in [5, 5.41) is 9.60. The molecule has 0 aliphatic carbocycles. The van der Waals surface area contributed by atoms with Gasteiger partial charge in [-0.2, -0.15) is 0 Å². The molecule has 0 bridgehead atoms. The molecule has 0 heterocycles. The van der Waals surface area contributed by atoms with Gasteiger partial charge in [-0.15, -0.1) is 0 Å². The molecular formula is C10H14FNO. The van der Waals surface area contributed by atoms with E-state index in [0.717, 1.165) is 0 Å². The molecule has 0 aromatic heterocycles. The van der Waals surface area contributed by atoms with Crippen LogP contribution in [0.1, 0.15) is 25.0 Å². The highest BCUT2D eigenvalue weighted by Gasteiger charge is 2.17. The van der Waals surface area contributed by atoms with E-state index >= 15 is 0 Å². The first-order valence-electron chi connectivity index (χ1n) is 4.35. The van der Waals surface area contributed by atoms with Crippen LogP contribution in [0.15, 0.2) is 24.3 Å². The van der Waals surface area contributed by atoms with Crippen LogP contribution in [0.3, 0.4) is 0 Å². The topological polar surface area (TPSA) is 46.2 Å². The molecule has 1 rings (SSSR count). The number of benzene rings is 1. The average Bonchev–Trinajstić information content (AvgIpc) is 2.16. The largest absolute Gasteiger partial charge is 0.387 e. The normalized spacial score (nSPS) is 15.4. The van der Waals surface area contributed by atoms with Crippen molar-refractivity contribution in [2.24, 2.45) is 5.73 Å². The lowest BCUT2D eigenvalue weighted by Gasteiger charge is -2.17. The molecule has 1 aromatic rings. The number of nitrogens with two attached hydrogens (primary N) is 1. The number of hydrogen-bond acceptors (Lipinski definition) is 2. The predicted molar refractivity (Wildman–Crippen MR) is 49.6 cm³/mol. The molecule has 0 radical (unpaired) electrons. The fourth-order valence-corrected chi connectivity index (χ4v) is 1.17. The van der Waals surface area contributed by atoms with Gasteiger partial charge in [0.25, 0.3) is 0 Å². The average molecular weight is 183 g/mol. The van der Waals surface area contributed by atoms with Crippen LogP contribution < -0.4 is 5.73 Å². The van der Waals surface area contributed by atoms with Gasteiger partial charge in [0.05, 0.1) is 6.10 Å². The second-order valence-electron chi connectivity index (χ2n) is 3.04. The molecule has 0 spiro atoms. The summed E-state index contributed by atoms with van der Waals surface area (Å²) in [6.45, 7) is 1.86. The highest BCUT2D eigenvalue weighted by Crippen LogP contribution is 2.19. The van der Waals surface area contributed by atoms with Gasteiger partial charge in [0.15, 0.2) is 0 Å². The summed E-state index contributed by atoms with van der Waals surface area (Å²) in [6, 6.07) is 5.74. The Bertz CT molecular complexity index is 277. The minimum absolute atomic E-state index is 0.275. The lowest BCUT2D eigenvalue weighted by Crippen LogP contribution is -2.27. The van der Waals surface area contributed by atoms with Crippen molar-refractivity contribution in [1.29, 1.82) is 0 Å². The van der Waals surface area contributed by atoms with Crippen molar-refractivity contribution in [1.82, 2.24) is 0 Å². The Labute approximate surface area is 77.2 Å². The number of hydrogen-bond donors (Lipinski definition) is 2. The fraction of sp³-hybridized carbons (Fsp3) is 0.400. The molecule has 2 nitrogen and oxygen atoms in total. The molecule has 0 saturated carbocycles. The number of rotatable bonds is 3. The third-order valence-electron chi connectivity index (χ3n) is 2.10. The Kier molecular flexibility index (Phi) is 3.39. The summed E-state index contributed by atoms with van der Waals surface area (Å²) in [6.07, 6.45) is -0.290. The molecular weight excluding hydrogens is 169 g/mol. The van der Waals surface area contributed by atoms with Gasteiger partial charge >= 0.3 is 0 Å². The van der Waals surface area contributed by atoms with E-state index in [0.29, 0.717) is 6.42 Å². The second kappa shape index (κ2) is 4.35. The molecule has 0 aliphatic rings. The van der Waals surface area contributed by atoms with Gasteiger partial charge in [-0.25, -0.2) is 4.39 Å². The third-order valence-corrected chi connectivity index (χ3v) is 2.10. The van der Waals surface area contributed by atoms with Gasteiger partial charge in [-0.1, -0.05) is 25.1 Å². The third kappa shape index (κ3) is 2.26. The van der Waals surface area contributed by atoms with Crippen molar-refractivity contribution in [2.45, 2.75) is 25.5 Å². The second-order valence-corrected chi connectivity index (χ2v) is 3.04. The molecule has 0 amide bonds. The summed E-state index contributed by atoms with van der Waals surface area (Å²) in [7, 11) is 0. The Morgan fingerprint density at radius 3 is 2.62 bits per heavy atom. The van der Waals surface area contributed by atoms with Crippen LogP contribution in [-0.4, -0.2) is 11.1 Å². The van der Waals surface area contributed by atoms with Gasteiger partial charge in [-0.05, 0) is 12.5 Å². The summed E-state index contributed by atoms with van der Waals surface area (Å²) in [5.74, 6) is -0.404. The van der Waals surface area contributed by atoms with Crippen LogP contribution in [0, 0.1) is 5.82 Å². The molecule has 72 valence electrons. The highest BCUT2D eigenvalue weighted by molar-refractivity contribution is 5.20. The first-order chi connectivity index (χ1) is 6.16. The summed E-state index contributed by atoms with van der Waals surface area (Å²) >= 11 is 0. The number of halogens is 1. The Morgan fingerprint density at radius 2 is 2.08 bits per heavy atom. The van der Waals surface area contributed by atoms with Gasteiger partial charge in [0.1, 0.15) is 5.82 Å². The van der Waals surface area contributed by atoms with Crippen LogP contribution in [0.5, 0.6) is 0 Å². The van der Waals surface area contributed by atoms with E-state index in [1.165, 1.54) is 6.07 Å². The van der Waals surface area contributed by atoms with Crippen molar-refractivity contribution in [3.8, 4) is 0 Å². The Hall–Kier alpha value is -0.930. The lowest BCUT2D eigenvalue weighted by molar-refractivity contribution is 0.140. The fourth-order valence-electron chi connectivity index (χ4n) is 1.17. The van der Waals surface area contributed by atoms with E-state index < -0.39 is 18.0 Å². The zero-order valence-corrected chi connectivity index (χ0v) is 7.57. The lowest BCUT2D eigenvalue weighted by atomic mass is 10.0. The van der Waals surface area contributed by atoms with E-state index in [9.17, 15) is 9.50 Å². The monoisotopic (exact) mass is 183 g/mol. The maximum Gasteiger partial charge on any atom is 0.129 e. The molecule has 0 aliphatic heterocycles. The minimum atomic E-state index is -0.911. The zero-order valence-electron chi connectivity index (χ0n) is 7.57. The molecule has 2 atom stereocenters. The first-order valence-corrected chi connectivity index (χ1v) is 4.35. The molecule has 0 fully saturated rings. The van der Waals surface area contributed by atoms with Gasteiger partial charge < -0.3 is 10.8 Å². The maximum absolute atomic E-state index is 13.1. The van der Waals surface area contributed by atoms with Crippen LogP contribution >= 0.6 is 0 Å². The molecule has 13 heavy (non-hydrogen) atoms. The van der Waals surface area contributed by atoms with E-state index in [4.69, 9.17) is 5.73 Å². The van der Waals surface area contributed by atoms with Crippen molar-refractivity contribution in [2.75, 3.05) is 0 Å². The minimum Gasteiger partial charge on any atom is -0.387 e. The van der Waals surface area contributed by atoms with Crippen LogP contribution in [-0.2, 0) is 0 Å². The molecule has 2 unspecified atom stereocenters. The van der Waals surface area contributed by atoms with Gasteiger partial charge in [0, 0.05) is 11.6 Å². The summed E-state index contributed by atoms with van der Waals surface area (Å²) in [5.41, 5.74) is 5.88. The van der Waals surface area contributed by atoms with Crippen LogP contribution in [0.25, 0.3) is 0 Å². The molecule has 0 saturated heterocycles. The standard InChI is InChI=1S/C10H14FNO/c1-2-9(12)10(13)7-5-3-4-6-8(7)11/h3-6,9-10,13H,2,12H2,1H3. The van der Waals surface area contributed by atoms with E-state index in [2.05, 4.69) is 0 Å². The van der Waals surface area contributed by atoms with Crippen molar-refractivity contribution >= 4 is 0 Å². The van der Waals surface area contributed by atoms with Crippen molar-refractivity contribution in [3.05, 3.63) is 35.6 Å². The summed E-state index contributed by atoms with van der Waals surface area (Å²) in [4.78, 5) is 0. The van der Waals surface area contributed by atoms with Gasteiger partial charge in [0.2, 0.25) is 0 Å². The maximum atomic E-state index is 13.1. The number of aliphatic hydroxyl groups excluding tert-OH is 1. The van der Waals surface area contributed by atoms with Crippen molar-refractivity contribution in [3.63, 3.8) is 0 Å². The molecule has 1 aromatic carbocycles. The summed E-state index contributed by atoms with van der Waals surface area (Å²) < 4.78 is 13.1. The van der Waals surface area contributed by atoms with E-state index in [1.54, 1.807) is 18.2 Å². The van der Waals surface area contributed by atoms with Crippen molar-refractivity contribution < 1.29 is 9.50 Å². The molecule has 3 N–H and O–H groups in total. The van der Waals surface area contributed by atoms with Crippen LogP contribution in [0.4, 0.5) is 4.39 Å². The Balaban J connectivity index is 2.88.